The van der Waals surface area contributed by atoms with Crippen molar-refractivity contribution in [2.24, 2.45) is 0 Å². The van der Waals surface area contributed by atoms with Crippen LogP contribution in [0, 0.1) is 11.3 Å². The maximum absolute atomic E-state index is 8.73. The van der Waals surface area contributed by atoms with Gasteiger partial charge in [-0.2, -0.15) is 5.26 Å². The zero-order valence-electron chi connectivity index (χ0n) is 8.03. The molecule has 0 unspecified atom stereocenters. The summed E-state index contributed by atoms with van der Waals surface area (Å²) in [5.74, 6) is 0. The number of rotatable bonds is 1. The Labute approximate surface area is 83.9 Å². The van der Waals surface area contributed by atoms with E-state index < -0.39 is 0 Å². The minimum atomic E-state index is 0.508. The predicted molar refractivity (Wildman–Crippen MR) is 55.4 cm³/mol. The number of allylic oxidation sites excluding steroid dienone is 2. The number of hydrogen-bond donors (Lipinski definition) is 0. The van der Waals surface area contributed by atoms with E-state index in [0.29, 0.717) is 5.69 Å². The van der Waals surface area contributed by atoms with E-state index in [-0.39, 0.29) is 0 Å². The molecule has 0 bridgehead atoms. The molecule has 14 heavy (non-hydrogen) atoms. The molecule has 1 aliphatic rings. The van der Waals surface area contributed by atoms with Gasteiger partial charge >= 0.3 is 0 Å². The molecule has 1 aliphatic carbocycles. The Morgan fingerprint density at radius 2 is 2.21 bits per heavy atom. The Morgan fingerprint density at radius 1 is 1.29 bits per heavy atom. The van der Waals surface area contributed by atoms with E-state index in [2.05, 4.69) is 17.1 Å². The van der Waals surface area contributed by atoms with Crippen LogP contribution >= 0.6 is 0 Å². The SMILES string of the molecule is N#Cc1cccc(C2=CCCCC2)n1. The molecule has 0 aromatic carbocycles. The van der Waals surface area contributed by atoms with Crippen LogP contribution < -0.4 is 0 Å². The van der Waals surface area contributed by atoms with Crippen molar-refractivity contribution >= 4 is 5.57 Å². The smallest absolute Gasteiger partial charge is 0.141 e. The lowest BCUT2D eigenvalue weighted by molar-refractivity contribution is 0.740. The Balaban J connectivity index is 2.32. The summed E-state index contributed by atoms with van der Waals surface area (Å²) in [4.78, 5) is 4.29. The second-order valence-electron chi connectivity index (χ2n) is 3.50. The number of aromatic nitrogens is 1. The zero-order chi connectivity index (χ0) is 9.80. The molecule has 0 radical (unpaired) electrons. The van der Waals surface area contributed by atoms with Gasteiger partial charge in [0, 0.05) is 0 Å². The summed E-state index contributed by atoms with van der Waals surface area (Å²) in [6.07, 6.45) is 7.01. The molecule has 0 atom stereocenters. The first-order valence-corrected chi connectivity index (χ1v) is 4.97. The highest BCUT2D eigenvalue weighted by molar-refractivity contribution is 5.63. The van der Waals surface area contributed by atoms with Gasteiger partial charge in [-0.25, -0.2) is 4.98 Å². The first kappa shape index (κ1) is 8.96. The van der Waals surface area contributed by atoms with Gasteiger partial charge in [-0.15, -0.1) is 0 Å². The van der Waals surface area contributed by atoms with Gasteiger partial charge in [-0.05, 0) is 43.4 Å². The zero-order valence-corrected chi connectivity index (χ0v) is 8.03. The normalized spacial score (nSPS) is 15.8. The molecule has 2 rings (SSSR count). The van der Waals surface area contributed by atoms with Gasteiger partial charge in [0.15, 0.2) is 0 Å². The van der Waals surface area contributed by atoms with Crippen LogP contribution in [0.25, 0.3) is 5.57 Å². The fourth-order valence-electron chi connectivity index (χ4n) is 1.75. The van der Waals surface area contributed by atoms with Crippen LogP contribution in [-0.2, 0) is 0 Å². The van der Waals surface area contributed by atoms with Crippen LogP contribution in [0.3, 0.4) is 0 Å². The molecular weight excluding hydrogens is 172 g/mol. The third kappa shape index (κ3) is 1.82. The molecule has 70 valence electrons. The molecule has 0 aliphatic heterocycles. The van der Waals surface area contributed by atoms with Crippen molar-refractivity contribution in [3.8, 4) is 6.07 Å². The van der Waals surface area contributed by atoms with Crippen LogP contribution in [0.2, 0.25) is 0 Å². The Morgan fingerprint density at radius 3 is 2.93 bits per heavy atom. The Hall–Kier alpha value is -1.62. The minimum Gasteiger partial charge on any atom is -0.237 e. The molecular formula is C12H12N2. The van der Waals surface area contributed by atoms with Crippen LogP contribution in [0.15, 0.2) is 24.3 Å². The average molecular weight is 184 g/mol. The highest BCUT2D eigenvalue weighted by atomic mass is 14.7. The van der Waals surface area contributed by atoms with Crippen LogP contribution in [0.4, 0.5) is 0 Å². The van der Waals surface area contributed by atoms with Gasteiger partial charge in [0.25, 0.3) is 0 Å². The largest absolute Gasteiger partial charge is 0.237 e. The lowest BCUT2D eigenvalue weighted by Crippen LogP contribution is -1.95. The van der Waals surface area contributed by atoms with E-state index in [1.807, 2.05) is 12.1 Å². The standard InChI is InChI=1S/C12H12N2/c13-9-11-7-4-8-12(14-11)10-5-2-1-3-6-10/h4-5,7-8H,1-3,6H2. The third-order valence-corrected chi connectivity index (χ3v) is 2.48. The van der Waals surface area contributed by atoms with Crippen LogP contribution in [0.1, 0.15) is 37.1 Å². The Bertz CT molecular complexity index is 399. The summed E-state index contributed by atoms with van der Waals surface area (Å²) in [7, 11) is 0. The fraction of sp³-hybridized carbons (Fsp3) is 0.333. The lowest BCUT2D eigenvalue weighted by Gasteiger charge is -2.11. The van der Waals surface area contributed by atoms with Crippen molar-refractivity contribution in [3.63, 3.8) is 0 Å². The average Bonchev–Trinajstić information content (AvgIpc) is 2.30. The van der Waals surface area contributed by atoms with E-state index >= 15 is 0 Å². The van der Waals surface area contributed by atoms with E-state index in [0.717, 1.165) is 18.5 Å². The summed E-state index contributed by atoms with van der Waals surface area (Å²) in [6, 6.07) is 7.69. The second-order valence-corrected chi connectivity index (χ2v) is 3.50. The van der Waals surface area contributed by atoms with Crippen molar-refractivity contribution in [2.45, 2.75) is 25.7 Å². The summed E-state index contributed by atoms with van der Waals surface area (Å²) in [5, 5.41) is 8.73. The fourth-order valence-corrected chi connectivity index (χ4v) is 1.75. The summed E-state index contributed by atoms with van der Waals surface area (Å²) >= 11 is 0. The predicted octanol–water partition coefficient (Wildman–Crippen LogP) is 2.91. The molecule has 1 aromatic heterocycles. The summed E-state index contributed by atoms with van der Waals surface area (Å²) in [5.41, 5.74) is 2.78. The third-order valence-electron chi connectivity index (χ3n) is 2.48. The molecule has 0 saturated heterocycles. The van der Waals surface area contributed by atoms with Crippen molar-refractivity contribution in [3.05, 3.63) is 35.7 Å². The summed E-state index contributed by atoms with van der Waals surface area (Å²) in [6.45, 7) is 0. The number of pyridine rings is 1. The van der Waals surface area contributed by atoms with Crippen LogP contribution in [0.5, 0.6) is 0 Å². The number of nitrogens with zero attached hydrogens (tertiary/aromatic N) is 2. The number of nitriles is 1. The maximum atomic E-state index is 8.73. The lowest BCUT2D eigenvalue weighted by atomic mass is 9.97. The molecule has 0 amide bonds. The molecule has 0 fully saturated rings. The van der Waals surface area contributed by atoms with Crippen molar-refractivity contribution in [1.82, 2.24) is 4.98 Å². The van der Waals surface area contributed by atoms with E-state index in [9.17, 15) is 0 Å². The van der Waals surface area contributed by atoms with Gasteiger partial charge in [0.05, 0.1) is 5.69 Å². The van der Waals surface area contributed by atoms with Crippen molar-refractivity contribution in [1.29, 1.82) is 5.26 Å². The first-order chi connectivity index (χ1) is 6.90. The second kappa shape index (κ2) is 4.06. The van der Waals surface area contributed by atoms with Gasteiger partial charge < -0.3 is 0 Å². The topological polar surface area (TPSA) is 36.7 Å². The molecule has 2 heteroatoms. The van der Waals surface area contributed by atoms with Gasteiger partial charge in [0.2, 0.25) is 0 Å². The number of hydrogen-bond acceptors (Lipinski definition) is 2. The maximum Gasteiger partial charge on any atom is 0.141 e. The molecule has 2 nitrogen and oxygen atoms in total. The van der Waals surface area contributed by atoms with E-state index in [4.69, 9.17) is 5.26 Å². The van der Waals surface area contributed by atoms with E-state index in [1.165, 1.54) is 18.4 Å². The van der Waals surface area contributed by atoms with Gasteiger partial charge in [-0.3, -0.25) is 0 Å². The quantitative estimate of drug-likeness (QED) is 0.672. The highest BCUT2D eigenvalue weighted by Gasteiger charge is 2.07. The van der Waals surface area contributed by atoms with Crippen molar-refractivity contribution < 1.29 is 0 Å². The van der Waals surface area contributed by atoms with E-state index in [1.54, 1.807) is 6.07 Å². The summed E-state index contributed by atoms with van der Waals surface area (Å²) < 4.78 is 0. The highest BCUT2D eigenvalue weighted by Crippen LogP contribution is 2.25. The molecule has 0 saturated carbocycles. The van der Waals surface area contributed by atoms with Gasteiger partial charge in [0.1, 0.15) is 11.8 Å². The monoisotopic (exact) mass is 184 g/mol. The molecule has 1 aromatic rings. The molecule has 0 spiro atoms. The minimum absolute atomic E-state index is 0.508. The molecule has 1 heterocycles. The van der Waals surface area contributed by atoms with Crippen molar-refractivity contribution in [2.75, 3.05) is 0 Å². The van der Waals surface area contributed by atoms with Crippen LogP contribution in [-0.4, -0.2) is 4.98 Å². The molecule has 0 N–H and O–H groups in total. The first-order valence-electron chi connectivity index (χ1n) is 4.97. The Kier molecular flexibility index (Phi) is 2.60. The van der Waals surface area contributed by atoms with Gasteiger partial charge in [-0.1, -0.05) is 12.1 Å².